The van der Waals surface area contributed by atoms with Gasteiger partial charge in [0, 0.05) is 24.2 Å². The van der Waals surface area contributed by atoms with E-state index < -0.39 is 0 Å². The number of aromatic nitrogens is 2. The smallest absolute Gasteiger partial charge is 0.259 e. The molecule has 1 fully saturated rings. The third kappa shape index (κ3) is 5.00. The van der Waals surface area contributed by atoms with Crippen molar-refractivity contribution in [2.75, 3.05) is 23.7 Å². The topological polar surface area (TPSA) is 104 Å². The highest BCUT2D eigenvalue weighted by molar-refractivity contribution is 7.14. The molecule has 0 spiro atoms. The molecule has 1 aliphatic heterocycles. The Bertz CT molecular complexity index is 1120. The number of carbonyl (C=O) groups excluding carboxylic acids is 3. The molecule has 1 aliphatic rings. The Kier molecular flexibility index (Phi) is 6.55. The fourth-order valence-electron chi connectivity index (χ4n) is 3.44. The number of anilines is 2. The second-order valence-corrected chi connectivity index (χ2v) is 8.46. The van der Waals surface area contributed by atoms with E-state index in [0.717, 1.165) is 38.0 Å². The predicted octanol–water partition coefficient (Wildman–Crippen LogP) is 3.98. The van der Waals surface area contributed by atoms with E-state index in [1.165, 1.54) is 17.5 Å². The molecule has 1 saturated heterocycles. The van der Waals surface area contributed by atoms with Crippen LogP contribution in [0.5, 0.6) is 0 Å². The Hall–Kier alpha value is -3.59. The first-order valence-corrected chi connectivity index (χ1v) is 11.3. The minimum Gasteiger partial charge on any atom is -0.339 e. The number of benzene rings is 1. The third-order valence-corrected chi connectivity index (χ3v) is 6.03. The number of hydrogen-bond donors (Lipinski definition) is 2. The van der Waals surface area contributed by atoms with Crippen LogP contribution in [0.3, 0.4) is 0 Å². The fourth-order valence-corrected chi connectivity index (χ4v) is 4.22. The van der Waals surface area contributed by atoms with Gasteiger partial charge < -0.3 is 15.5 Å². The van der Waals surface area contributed by atoms with Gasteiger partial charge in [0.2, 0.25) is 0 Å². The van der Waals surface area contributed by atoms with Gasteiger partial charge in [-0.15, -0.1) is 11.3 Å². The molecule has 9 heteroatoms. The molecule has 0 atom stereocenters. The molecular weight excluding hydrogens is 426 g/mol. The summed E-state index contributed by atoms with van der Waals surface area (Å²) < 4.78 is 0. The molecule has 0 bridgehead atoms. The Morgan fingerprint density at radius 3 is 2.28 bits per heavy atom. The molecule has 0 saturated carbocycles. The maximum Gasteiger partial charge on any atom is 0.259 e. The quantitative estimate of drug-likeness (QED) is 0.613. The summed E-state index contributed by atoms with van der Waals surface area (Å²) in [7, 11) is 0. The monoisotopic (exact) mass is 449 g/mol. The van der Waals surface area contributed by atoms with Crippen molar-refractivity contribution in [3.05, 3.63) is 70.5 Å². The fraction of sp³-hybridized carbons (Fsp3) is 0.261. The second kappa shape index (κ2) is 9.69. The normalized spacial score (nSPS) is 13.5. The molecule has 164 valence electrons. The number of piperidine rings is 1. The summed E-state index contributed by atoms with van der Waals surface area (Å²) in [6, 6.07) is 8.23. The zero-order valence-corrected chi connectivity index (χ0v) is 18.4. The first kappa shape index (κ1) is 21.6. The molecule has 3 heterocycles. The van der Waals surface area contributed by atoms with Gasteiger partial charge in [-0.1, -0.05) is 0 Å². The Morgan fingerprint density at radius 1 is 0.875 bits per heavy atom. The summed E-state index contributed by atoms with van der Waals surface area (Å²) in [5.41, 5.74) is 2.06. The van der Waals surface area contributed by atoms with Gasteiger partial charge >= 0.3 is 0 Å². The van der Waals surface area contributed by atoms with Gasteiger partial charge in [0.25, 0.3) is 17.7 Å². The molecule has 0 radical (unpaired) electrons. The first-order valence-electron chi connectivity index (χ1n) is 10.4. The zero-order chi connectivity index (χ0) is 22.5. The summed E-state index contributed by atoms with van der Waals surface area (Å²) in [6.07, 6.45) is 6.25. The molecule has 0 aliphatic carbocycles. The molecule has 32 heavy (non-hydrogen) atoms. The molecule has 1 aromatic carbocycles. The van der Waals surface area contributed by atoms with E-state index in [1.54, 1.807) is 48.8 Å². The van der Waals surface area contributed by atoms with Crippen LogP contribution >= 0.6 is 11.3 Å². The molecule has 2 aromatic heterocycles. The van der Waals surface area contributed by atoms with E-state index in [0.29, 0.717) is 27.5 Å². The Morgan fingerprint density at radius 2 is 1.59 bits per heavy atom. The Balaban J connectivity index is 1.41. The lowest BCUT2D eigenvalue weighted by Crippen LogP contribution is -2.35. The second-order valence-electron chi connectivity index (χ2n) is 7.54. The van der Waals surface area contributed by atoms with Crippen LogP contribution in [0.25, 0.3) is 0 Å². The number of thiophene rings is 1. The van der Waals surface area contributed by atoms with E-state index in [4.69, 9.17) is 0 Å². The van der Waals surface area contributed by atoms with Crippen molar-refractivity contribution in [1.29, 1.82) is 0 Å². The summed E-state index contributed by atoms with van der Waals surface area (Å²) in [6.45, 7) is 3.36. The number of hydrogen-bond acceptors (Lipinski definition) is 6. The van der Waals surface area contributed by atoms with Gasteiger partial charge in [-0.3, -0.25) is 19.4 Å². The number of carbonyl (C=O) groups is 3. The largest absolute Gasteiger partial charge is 0.339 e. The molecule has 3 amide bonds. The summed E-state index contributed by atoms with van der Waals surface area (Å²) in [5, 5.41) is 7.62. The van der Waals surface area contributed by atoms with Crippen molar-refractivity contribution in [3.8, 4) is 0 Å². The highest BCUT2D eigenvalue weighted by atomic mass is 32.1. The van der Waals surface area contributed by atoms with Crippen molar-refractivity contribution in [2.45, 2.75) is 26.2 Å². The highest BCUT2D eigenvalue weighted by Crippen LogP contribution is 2.25. The lowest BCUT2D eigenvalue weighted by atomic mass is 10.1. The van der Waals surface area contributed by atoms with Crippen molar-refractivity contribution >= 4 is 39.9 Å². The van der Waals surface area contributed by atoms with Crippen LogP contribution in [0.4, 0.5) is 10.8 Å². The van der Waals surface area contributed by atoms with E-state index in [2.05, 4.69) is 20.6 Å². The van der Waals surface area contributed by atoms with Crippen molar-refractivity contribution in [2.24, 2.45) is 0 Å². The standard InChI is InChI=1S/C23H23N5O3S/c1-15-13-25-19(14-24-15)26-21(30)18-9-12-32-22(18)27-20(29)16-5-7-17(8-6-16)23(31)28-10-3-2-4-11-28/h5-9,12-14H,2-4,10-11H2,1H3,(H,27,29)(H,25,26,30). The van der Waals surface area contributed by atoms with E-state index in [9.17, 15) is 14.4 Å². The molecule has 2 N–H and O–H groups in total. The number of likely N-dealkylation sites (tertiary alicyclic amines) is 1. The van der Waals surface area contributed by atoms with E-state index >= 15 is 0 Å². The third-order valence-electron chi connectivity index (χ3n) is 5.20. The molecule has 3 aromatic rings. The number of nitrogens with zero attached hydrogens (tertiary/aromatic N) is 3. The van der Waals surface area contributed by atoms with Crippen molar-refractivity contribution in [3.63, 3.8) is 0 Å². The van der Waals surface area contributed by atoms with Crippen molar-refractivity contribution in [1.82, 2.24) is 14.9 Å². The van der Waals surface area contributed by atoms with Crippen LogP contribution in [0.15, 0.2) is 48.1 Å². The maximum atomic E-state index is 12.7. The van der Waals surface area contributed by atoms with Crippen LogP contribution in [0, 0.1) is 6.92 Å². The highest BCUT2D eigenvalue weighted by Gasteiger charge is 2.20. The van der Waals surface area contributed by atoms with Crippen LogP contribution in [0.2, 0.25) is 0 Å². The van der Waals surface area contributed by atoms with Gasteiger partial charge in [0.1, 0.15) is 5.00 Å². The van der Waals surface area contributed by atoms with Gasteiger partial charge in [-0.25, -0.2) is 4.98 Å². The lowest BCUT2D eigenvalue weighted by molar-refractivity contribution is 0.0723. The number of rotatable bonds is 5. The molecule has 8 nitrogen and oxygen atoms in total. The maximum absolute atomic E-state index is 12.7. The summed E-state index contributed by atoms with van der Waals surface area (Å²) >= 11 is 1.25. The summed E-state index contributed by atoms with van der Waals surface area (Å²) in [5.74, 6) is -0.415. The van der Waals surface area contributed by atoms with Crippen molar-refractivity contribution < 1.29 is 14.4 Å². The molecule has 4 rings (SSSR count). The minimum absolute atomic E-state index is 0.00641. The van der Waals surface area contributed by atoms with Gasteiger partial charge in [0.15, 0.2) is 5.82 Å². The number of aryl methyl sites for hydroxylation is 1. The van der Waals surface area contributed by atoms with E-state index in [-0.39, 0.29) is 17.7 Å². The average Bonchev–Trinajstić information content (AvgIpc) is 3.29. The van der Waals surface area contributed by atoms with Crippen LogP contribution < -0.4 is 10.6 Å². The van der Waals surface area contributed by atoms with Crippen LogP contribution in [-0.4, -0.2) is 45.7 Å². The minimum atomic E-state index is -0.387. The first-order chi connectivity index (χ1) is 15.5. The SMILES string of the molecule is Cc1cnc(NC(=O)c2ccsc2NC(=O)c2ccc(C(=O)N3CCCCC3)cc2)cn1. The number of amides is 3. The summed E-state index contributed by atoms with van der Waals surface area (Å²) in [4.78, 5) is 48.0. The van der Waals surface area contributed by atoms with Crippen LogP contribution in [-0.2, 0) is 0 Å². The van der Waals surface area contributed by atoms with Gasteiger partial charge in [-0.2, -0.15) is 0 Å². The van der Waals surface area contributed by atoms with Gasteiger partial charge in [0.05, 0.1) is 23.7 Å². The predicted molar refractivity (Wildman–Crippen MR) is 123 cm³/mol. The Labute approximate surface area is 189 Å². The average molecular weight is 450 g/mol. The van der Waals surface area contributed by atoms with E-state index in [1.807, 2.05) is 4.90 Å². The molecule has 0 unspecified atom stereocenters. The number of nitrogens with one attached hydrogen (secondary N) is 2. The van der Waals surface area contributed by atoms with Gasteiger partial charge in [-0.05, 0) is 61.9 Å². The lowest BCUT2D eigenvalue weighted by Gasteiger charge is -2.26. The van der Waals surface area contributed by atoms with Crippen LogP contribution in [0.1, 0.15) is 56.0 Å². The molecular formula is C23H23N5O3S. The zero-order valence-electron chi connectivity index (χ0n) is 17.6.